The van der Waals surface area contributed by atoms with E-state index in [1.807, 2.05) is 0 Å². The Morgan fingerprint density at radius 1 is 1.83 bits per heavy atom. The van der Waals surface area contributed by atoms with Gasteiger partial charge < -0.3 is 5.32 Å². The summed E-state index contributed by atoms with van der Waals surface area (Å²) in [6.07, 6.45) is 1.96. The van der Waals surface area contributed by atoms with Crippen LogP contribution in [0.25, 0.3) is 0 Å². The second kappa shape index (κ2) is 4.79. The molecule has 1 rings (SSSR count). The number of alkyl halides is 1. The van der Waals surface area contributed by atoms with Gasteiger partial charge in [-0.05, 0) is 15.9 Å². The normalized spacial score (nSPS) is 9.83. The number of hydrogen-bond donors (Lipinski definition) is 1. The molecule has 0 saturated heterocycles. The van der Waals surface area contributed by atoms with Crippen molar-refractivity contribution < 1.29 is 4.79 Å². The van der Waals surface area contributed by atoms with Gasteiger partial charge in [-0.2, -0.15) is 0 Å². The highest BCUT2D eigenvalue weighted by Gasteiger charge is 2.03. The molecule has 3 nitrogen and oxygen atoms in total. The summed E-state index contributed by atoms with van der Waals surface area (Å²) < 4.78 is 0.892. The molecule has 0 fully saturated rings. The van der Waals surface area contributed by atoms with Gasteiger partial charge in [-0.25, -0.2) is 4.98 Å². The van der Waals surface area contributed by atoms with Gasteiger partial charge in [0.25, 0.3) is 0 Å². The molecule has 0 aliphatic rings. The van der Waals surface area contributed by atoms with Crippen LogP contribution < -0.4 is 5.32 Å². The number of halogens is 2. The third-order valence-corrected chi connectivity index (χ3v) is 2.63. The first-order valence-corrected chi connectivity index (χ1v) is 5.34. The Bertz CT molecular complexity index is 278. The standard InChI is InChI=1S/C6H6BrClN2OS/c7-4-3-9-6(12-4)10-5(11)1-2-8/h3H,1-2H2,(H,9,10,11). The lowest BCUT2D eigenvalue weighted by Crippen LogP contribution is -2.11. The molecule has 1 aromatic heterocycles. The van der Waals surface area contributed by atoms with Gasteiger partial charge >= 0.3 is 0 Å². The van der Waals surface area contributed by atoms with Crippen molar-refractivity contribution >= 4 is 49.9 Å². The van der Waals surface area contributed by atoms with E-state index in [1.165, 1.54) is 11.3 Å². The average molecular weight is 270 g/mol. The van der Waals surface area contributed by atoms with Gasteiger partial charge in [0.2, 0.25) is 5.91 Å². The van der Waals surface area contributed by atoms with Crippen molar-refractivity contribution in [3.63, 3.8) is 0 Å². The van der Waals surface area contributed by atoms with Crippen LogP contribution in [0.3, 0.4) is 0 Å². The SMILES string of the molecule is O=C(CCCl)Nc1ncc(Br)s1. The second-order valence-electron chi connectivity index (χ2n) is 1.96. The first kappa shape index (κ1) is 9.95. The second-order valence-corrected chi connectivity index (χ2v) is 4.74. The van der Waals surface area contributed by atoms with E-state index in [9.17, 15) is 4.79 Å². The molecule has 0 aromatic carbocycles. The van der Waals surface area contributed by atoms with E-state index in [4.69, 9.17) is 11.6 Å². The van der Waals surface area contributed by atoms with Crippen molar-refractivity contribution in [3.05, 3.63) is 9.98 Å². The van der Waals surface area contributed by atoms with Gasteiger partial charge in [0.05, 0.1) is 9.98 Å². The summed E-state index contributed by atoms with van der Waals surface area (Å²) in [4.78, 5) is 14.9. The molecule has 12 heavy (non-hydrogen) atoms. The molecule has 1 amide bonds. The minimum absolute atomic E-state index is 0.105. The monoisotopic (exact) mass is 268 g/mol. The van der Waals surface area contributed by atoms with E-state index in [-0.39, 0.29) is 5.91 Å². The van der Waals surface area contributed by atoms with Crippen LogP contribution in [-0.4, -0.2) is 16.8 Å². The average Bonchev–Trinajstić information content (AvgIpc) is 2.36. The van der Waals surface area contributed by atoms with E-state index < -0.39 is 0 Å². The van der Waals surface area contributed by atoms with Crippen molar-refractivity contribution in [3.8, 4) is 0 Å². The zero-order valence-electron chi connectivity index (χ0n) is 6.01. The molecule has 0 unspecified atom stereocenters. The molecule has 66 valence electrons. The van der Waals surface area contributed by atoms with E-state index >= 15 is 0 Å². The van der Waals surface area contributed by atoms with Gasteiger partial charge in [0.15, 0.2) is 5.13 Å². The zero-order chi connectivity index (χ0) is 8.97. The summed E-state index contributed by atoms with van der Waals surface area (Å²) in [7, 11) is 0. The van der Waals surface area contributed by atoms with Crippen LogP contribution in [0.2, 0.25) is 0 Å². The molecule has 0 spiro atoms. The number of anilines is 1. The summed E-state index contributed by atoms with van der Waals surface area (Å²) in [5.41, 5.74) is 0. The molecule has 6 heteroatoms. The van der Waals surface area contributed by atoms with E-state index in [1.54, 1.807) is 6.20 Å². The quantitative estimate of drug-likeness (QED) is 0.857. The van der Waals surface area contributed by atoms with Crippen LogP contribution in [0, 0.1) is 0 Å². The van der Waals surface area contributed by atoms with E-state index in [0.29, 0.717) is 17.4 Å². The highest BCUT2D eigenvalue weighted by Crippen LogP contribution is 2.22. The highest BCUT2D eigenvalue weighted by atomic mass is 79.9. The van der Waals surface area contributed by atoms with E-state index in [2.05, 4.69) is 26.2 Å². The number of thiazole rings is 1. The Kier molecular flexibility index (Phi) is 3.97. The van der Waals surface area contributed by atoms with Crippen molar-refractivity contribution in [1.82, 2.24) is 4.98 Å². The molecule has 0 aliphatic carbocycles. The number of carbonyl (C=O) groups is 1. The number of nitrogens with one attached hydrogen (secondary N) is 1. The number of rotatable bonds is 3. The van der Waals surface area contributed by atoms with Crippen molar-refractivity contribution in [2.45, 2.75) is 6.42 Å². The first-order chi connectivity index (χ1) is 5.72. The fourth-order valence-corrected chi connectivity index (χ4v) is 1.87. The molecule has 1 aromatic rings. The summed E-state index contributed by atoms with van der Waals surface area (Å²) in [5, 5.41) is 3.21. The fourth-order valence-electron chi connectivity index (χ4n) is 0.580. The lowest BCUT2D eigenvalue weighted by Gasteiger charge is -1.96. The van der Waals surface area contributed by atoms with Crippen LogP contribution in [0.1, 0.15) is 6.42 Å². The number of nitrogens with zero attached hydrogens (tertiary/aromatic N) is 1. The van der Waals surface area contributed by atoms with Crippen LogP contribution in [0.5, 0.6) is 0 Å². The maximum Gasteiger partial charge on any atom is 0.227 e. The summed E-state index contributed by atoms with van der Waals surface area (Å²) in [6, 6.07) is 0. The van der Waals surface area contributed by atoms with Gasteiger partial charge in [-0.3, -0.25) is 4.79 Å². The van der Waals surface area contributed by atoms with Crippen molar-refractivity contribution in [1.29, 1.82) is 0 Å². The smallest absolute Gasteiger partial charge is 0.227 e. The number of aromatic nitrogens is 1. The summed E-state index contributed by atoms with van der Waals surface area (Å²) in [5.74, 6) is 0.227. The predicted octanol–water partition coefficient (Wildman–Crippen LogP) is 2.47. The Hall–Kier alpha value is -0.130. The van der Waals surface area contributed by atoms with Gasteiger partial charge in [0, 0.05) is 12.3 Å². The lowest BCUT2D eigenvalue weighted by atomic mass is 10.5. The fraction of sp³-hybridized carbons (Fsp3) is 0.333. The van der Waals surface area contributed by atoms with Crippen LogP contribution >= 0.6 is 38.9 Å². The Morgan fingerprint density at radius 2 is 2.58 bits per heavy atom. The minimum atomic E-state index is -0.105. The maximum absolute atomic E-state index is 11.0. The largest absolute Gasteiger partial charge is 0.302 e. The molecule has 0 bridgehead atoms. The van der Waals surface area contributed by atoms with Gasteiger partial charge in [-0.15, -0.1) is 11.6 Å². The minimum Gasteiger partial charge on any atom is -0.302 e. The Labute approximate surface area is 87.3 Å². The lowest BCUT2D eigenvalue weighted by molar-refractivity contribution is -0.115. The number of carbonyl (C=O) groups excluding carboxylic acids is 1. The number of amides is 1. The topological polar surface area (TPSA) is 42.0 Å². The Morgan fingerprint density at radius 3 is 3.08 bits per heavy atom. The molecule has 1 heterocycles. The molecule has 0 aliphatic heterocycles. The molecular weight excluding hydrogens is 264 g/mol. The van der Waals surface area contributed by atoms with Crippen LogP contribution in [0.4, 0.5) is 5.13 Å². The molecule has 0 saturated carbocycles. The predicted molar refractivity (Wildman–Crippen MR) is 53.8 cm³/mol. The molecule has 1 N–H and O–H groups in total. The summed E-state index contributed by atoms with van der Waals surface area (Å²) >= 11 is 9.99. The van der Waals surface area contributed by atoms with Crippen molar-refractivity contribution in [2.24, 2.45) is 0 Å². The van der Waals surface area contributed by atoms with Crippen LogP contribution in [-0.2, 0) is 4.79 Å². The number of hydrogen-bond acceptors (Lipinski definition) is 3. The molecule has 0 radical (unpaired) electrons. The molecule has 0 atom stereocenters. The van der Waals surface area contributed by atoms with Gasteiger partial charge in [0.1, 0.15) is 0 Å². The maximum atomic E-state index is 11.0. The molecular formula is C6H6BrClN2OS. The summed E-state index contributed by atoms with van der Waals surface area (Å²) in [6.45, 7) is 0. The highest BCUT2D eigenvalue weighted by molar-refractivity contribution is 9.11. The third-order valence-electron chi connectivity index (χ3n) is 1.05. The van der Waals surface area contributed by atoms with Crippen molar-refractivity contribution in [2.75, 3.05) is 11.2 Å². The zero-order valence-corrected chi connectivity index (χ0v) is 9.17. The third kappa shape index (κ3) is 3.08. The van der Waals surface area contributed by atoms with Crippen LogP contribution in [0.15, 0.2) is 9.98 Å². The van der Waals surface area contributed by atoms with Gasteiger partial charge in [-0.1, -0.05) is 11.3 Å². The van der Waals surface area contributed by atoms with E-state index in [0.717, 1.165) is 3.79 Å². The Balaban J connectivity index is 2.46. The first-order valence-electron chi connectivity index (χ1n) is 3.19.